The molecule has 0 spiro atoms. The summed E-state index contributed by atoms with van der Waals surface area (Å²) < 4.78 is 0. The molecule has 0 fully saturated rings. The van der Waals surface area contributed by atoms with Crippen LogP contribution in [0.1, 0.15) is 38.9 Å². The Bertz CT molecular complexity index is 454. The lowest BCUT2D eigenvalue weighted by Crippen LogP contribution is -2.43. The minimum absolute atomic E-state index is 0.161. The van der Waals surface area contributed by atoms with E-state index in [-0.39, 0.29) is 5.75 Å². The van der Waals surface area contributed by atoms with E-state index >= 15 is 0 Å². The van der Waals surface area contributed by atoms with E-state index in [0.717, 1.165) is 12.1 Å². The van der Waals surface area contributed by atoms with Gasteiger partial charge in [0.2, 0.25) is 0 Å². The lowest BCUT2D eigenvalue weighted by molar-refractivity contribution is -0.160. The predicted molar refractivity (Wildman–Crippen MR) is 66.3 cm³/mol. The van der Waals surface area contributed by atoms with E-state index in [1.807, 2.05) is 26.8 Å². The number of nitrogens with zero attached hydrogens (tertiary/aromatic N) is 2. The zero-order valence-corrected chi connectivity index (χ0v) is 10.4. The summed E-state index contributed by atoms with van der Waals surface area (Å²) in [5.74, 6) is 0.161. The maximum atomic E-state index is 10.2. The summed E-state index contributed by atoms with van der Waals surface area (Å²) in [7, 11) is 0. The maximum Gasteiger partial charge on any atom is 0.154 e. The molecule has 0 saturated carbocycles. The third-order valence-corrected chi connectivity index (χ3v) is 3.34. The van der Waals surface area contributed by atoms with Gasteiger partial charge in [-0.15, -0.1) is 0 Å². The average molecular weight is 234 g/mol. The highest BCUT2D eigenvalue weighted by Gasteiger charge is 2.42. The van der Waals surface area contributed by atoms with E-state index in [1.54, 1.807) is 18.2 Å². The Kier molecular flexibility index (Phi) is 2.93. The highest BCUT2D eigenvalue weighted by Crippen LogP contribution is 2.39. The highest BCUT2D eigenvalue weighted by molar-refractivity contribution is 5.94. The molecule has 1 atom stereocenters. The Morgan fingerprint density at radius 2 is 2.00 bits per heavy atom. The zero-order valence-electron chi connectivity index (χ0n) is 10.4. The Morgan fingerprint density at radius 3 is 2.53 bits per heavy atom. The fourth-order valence-corrected chi connectivity index (χ4v) is 2.23. The van der Waals surface area contributed by atoms with Crippen molar-refractivity contribution in [3.63, 3.8) is 0 Å². The molecular formula is C13H18N2O2. The van der Waals surface area contributed by atoms with E-state index in [1.165, 1.54) is 5.06 Å². The molecule has 1 aromatic carbocycles. The van der Waals surface area contributed by atoms with Crippen LogP contribution in [0.3, 0.4) is 0 Å². The predicted octanol–water partition coefficient (Wildman–Crippen LogP) is 2.73. The SMILES string of the molecule is CCC1=N[C@@H](c2ccccc2O)N(O)C1(C)C. The molecule has 17 heavy (non-hydrogen) atoms. The molecule has 0 aromatic heterocycles. The molecule has 1 aliphatic rings. The molecule has 92 valence electrons. The number of hydrogen-bond acceptors (Lipinski definition) is 4. The van der Waals surface area contributed by atoms with Gasteiger partial charge in [0.1, 0.15) is 5.75 Å². The molecule has 2 rings (SSSR count). The first-order valence-electron chi connectivity index (χ1n) is 5.81. The van der Waals surface area contributed by atoms with Crippen molar-refractivity contribution in [2.45, 2.75) is 38.9 Å². The van der Waals surface area contributed by atoms with Gasteiger partial charge >= 0.3 is 0 Å². The van der Waals surface area contributed by atoms with Crippen molar-refractivity contribution in [3.8, 4) is 5.75 Å². The summed E-state index contributed by atoms with van der Waals surface area (Å²) in [5.41, 5.74) is 1.08. The van der Waals surface area contributed by atoms with Crippen LogP contribution in [0.25, 0.3) is 0 Å². The van der Waals surface area contributed by atoms with Crippen LogP contribution in [0.5, 0.6) is 5.75 Å². The number of benzene rings is 1. The monoisotopic (exact) mass is 234 g/mol. The summed E-state index contributed by atoms with van der Waals surface area (Å²) in [5, 5.41) is 21.2. The topological polar surface area (TPSA) is 56.1 Å². The molecule has 0 bridgehead atoms. The number of phenolic OH excluding ortho intramolecular Hbond substituents is 1. The van der Waals surface area contributed by atoms with Crippen LogP contribution in [-0.4, -0.2) is 26.6 Å². The van der Waals surface area contributed by atoms with E-state index in [0.29, 0.717) is 5.56 Å². The smallest absolute Gasteiger partial charge is 0.154 e. The van der Waals surface area contributed by atoms with Crippen molar-refractivity contribution in [3.05, 3.63) is 29.8 Å². The highest BCUT2D eigenvalue weighted by atomic mass is 16.5. The van der Waals surface area contributed by atoms with Crippen LogP contribution in [0.2, 0.25) is 0 Å². The molecule has 0 aliphatic carbocycles. The number of hydrogen-bond donors (Lipinski definition) is 2. The van der Waals surface area contributed by atoms with Crippen LogP contribution in [-0.2, 0) is 0 Å². The normalized spacial score (nSPS) is 23.8. The second-order valence-corrected chi connectivity index (χ2v) is 4.77. The average Bonchev–Trinajstić information content (AvgIpc) is 2.52. The maximum absolute atomic E-state index is 10.2. The van der Waals surface area contributed by atoms with Crippen molar-refractivity contribution in [1.29, 1.82) is 0 Å². The summed E-state index contributed by atoms with van der Waals surface area (Å²) in [6.07, 6.45) is 0.273. The molecule has 1 heterocycles. The third-order valence-electron chi connectivity index (χ3n) is 3.34. The van der Waals surface area contributed by atoms with E-state index < -0.39 is 11.7 Å². The number of para-hydroxylation sites is 1. The fraction of sp³-hybridized carbons (Fsp3) is 0.462. The number of hydroxylamine groups is 2. The lowest BCUT2D eigenvalue weighted by atomic mass is 9.97. The molecular weight excluding hydrogens is 216 g/mol. The van der Waals surface area contributed by atoms with Crippen LogP contribution in [0.15, 0.2) is 29.3 Å². The third kappa shape index (κ3) is 1.83. The minimum atomic E-state index is -0.513. The Morgan fingerprint density at radius 1 is 1.35 bits per heavy atom. The van der Waals surface area contributed by atoms with Crippen molar-refractivity contribution in [1.82, 2.24) is 5.06 Å². The summed E-state index contributed by atoms with van der Waals surface area (Å²) in [6, 6.07) is 6.97. The van der Waals surface area contributed by atoms with Gasteiger partial charge < -0.3 is 10.3 Å². The van der Waals surface area contributed by atoms with Crippen LogP contribution in [0.4, 0.5) is 0 Å². The van der Waals surface area contributed by atoms with Gasteiger partial charge in [0.15, 0.2) is 6.17 Å². The number of aliphatic imine (C=N–C) groups is 1. The molecule has 0 amide bonds. The molecule has 0 unspecified atom stereocenters. The van der Waals surface area contributed by atoms with Crippen molar-refractivity contribution < 1.29 is 10.3 Å². The van der Waals surface area contributed by atoms with Crippen LogP contribution >= 0.6 is 0 Å². The summed E-state index contributed by atoms with van der Waals surface area (Å²) in [4.78, 5) is 4.50. The Balaban J connectivity index is 2.43. The summed E-state index contributed by atoms with van der Waals surface area (Å²) in [6.45, 7) is 5.87. The van der Waals surface area contributed by atoms with Crippen LogP contribution in [0, 0.1) is 0 Å². The molecule has 4 nitrogen and oxygen atoms in total. The number of phenols is 1. The van der Waals surface area contributed by atoms with Gasteiger partial charge in [0.05, 0.1) is 5.54 Å². The van der Waals surface area contributed by atoms with E-state index in [9.17, 15) is 10.3 Å². The van der Waals surface area contributed by atoms with Gasteiger partial charge in [0.25, 0.3) is 0 Å². The molecule has 4 heteroatoms. The van der Waals surface area contributed by atoms with Crippen molar-refractivity contribution in [2.75, 3.05) is 0 Å². The van der Waals surface area contributed by atoms with Gasteiger partial charge in [-0.1, -0.05) is 25.1 Å². The first-order chi connectivity index (χ1) is 7.98. The fourth-order valence-electron chi connectivity index (χ4n) is 2.23. The van der Waals surface area contributed by atoms with Gasteiger partial charge in [-0.05, 0) is 26.3 Å². The second kappa shape index (κ2) is 4.13. The molecule has 1 aliphatic heterocycles. The first-order valence-corrected chi connectivity index (χ1v) is 5.81. The first kappa shape index (κ1) is 12.1. The van der Waals surface area contributed by atoms with Gasteiger partial charge in [-0.25, -0.2) is 0 Å². The molecule has 0 saturated heterocycles. The van der Waals surface area contributed by atoms with E-state index in [2.05, 4.69) is 4.99 Å². The van der Waals surface area contributed by atoms with E-state index in [4.69, 9.17) is 0 Å². The molecule has 1 aromatic rings. The van der Waals surface area contributed by atoms with Gasteiger partial charge in [-0.2, -0.15) is 5.06 Å². The quantitative estimate of drug-likeness (QED) is 0.827. The Labute approximate surface area is 101 Å². The summed E-state index contributed by atoms with van der Waals surface area (Å²) >= 11 is 0. The van der Waals surface area contributed by atoms with Crippen LogP contribution < -0.4 is 0 Å². The molecule has 0 radical (unpaired) electrons. The van der Waals surface area contributed by atoms with Gasteiger partial charge in [-0.3, -0.25) is 4.99 Å². The lowest BCUT2D eigenvalue weighted by Gasteiger charge is -2.30. The molecule has 2 N–H and O–H groups in total. The zero-order chi connectivity index (χ0) is 12.6. The standard InChI is InChI=1S/C13H18N2O2/c1-4-11-13(2,3)15(17)12(14-11)9-7-5-6-8-10(9)16/h5-8,12,16-17H,4H2,1-3H3/t12-/m1/s1. The van der Waals surface area contributed by atoms with Gasteiger partial charge in [0, 0.05) is 11.3 Å². The number of rotatable bonds is 2. The largest absolute Gasteiger partial charge is 0.508 e. The Hall–Kier alpha value is -1.39. The second-order valence-electron chi connectivity index (χ2n) is 4.77. The number of aromatic hydroxyl groups is 1. The van der Waals surface area contributed by atoms with Crippen molar-refractivity contribution in [2.24, 2.45) is 4.99 Å². The minimum Gasteiger partial charge on any atom is -0.508 e. The van der Waals surface area contributed by atoms with Crippen molar-refractivity contribution >= 4 is 5.71 Å².